The second-order valence-electron chi connectivity index (χ2n) is 5.29. The van der Waals surface area contributed by atoms with Crippen molar-refractivity contribution in [1.29, 1.82) is 0 Å². The summed E-state index contributed by atoms with van der Waals surface area (Å²) in [6, 6.07) is 0. The van der Waals surface area contributed by atoms with Gasteiger partial charge in [-0.25, -0.2) is 17.6 Å². The van der Waals surface area contributed by atoms with Crippen molar-refractivity contribution in [3.05, 3.63) is 32.4 Å². The predicted molar refractivity (Wildman–Crippen MR) is 102 cm³/mol. The number of rotatable bonds is 6. The van der Waals surface area contributed by atoms with E-state index in [1.54, 1.807) is 13.8 Å². The average Bonchev–Trinajstić information content (AvgIpc) is 2.58. The van der Waals surface area contributed by atoms with E-state index in [-0.39, 0.29) is 6.10 Å². The molecule has 0 fully saturated rings. The second-order valence-corrected chi connectivity index (χ2v) is 6.37. The molecule has 0 aliphatic heterocycles. The summed E-state index contributed by atoms with van der Waals surface area (Å²) in [4.78, 5) is 9.39. The molecule has 1 aromatic carbocycles. The molecule has 3 nitrogen and oxygen atoms in total. The second kappa shape index (κ2) is 15.2. The van der Waals surface area contributed by atoms with Gasteiger partial charge in [-0.3, -0.25) is 4.79 Å². The molecule has 1 rings (SSSR count). The van der Waals surface area contributed by atoms with E-state index in [1.807, 2.05) is 13.8 Å². The van der Waals surface area contributed by atoms with Gasteiger partial charge in [0.05, 0.1) is 9.67 Å². The van der Waals surface area contributed by atoms with Crippen LogP contribution in [0, 0.1) is 33.8 Å². The Labute approximate surface area is 165 Å². The predicted octanol–water partition coefficient (Wildman–Crippen LogP) is 5.19. The Kier molecular flexibility index (Phi) is 15.9. The van der Waals surface area contributed by atoms with Crippen LogP contribution in [0.3, 0.4) is 0 Å². The van der Waals surface area contributed by atoms with Crippen LogP contribution in [-0.4, -0.2) is 26.2 Å². The monoisotopic (exact) mass is 495 g/mol. The van der Waals surface area contributed by atoms with Crippen molar-refractivity contribution in [2.45, 2.75) is 53.5 Å². The van der Waals surface area contributed by atoms with E-state index in [0.29, 0.717) is 12.8 Å². The van der Waals surface area contributed by atoms with E-state index in [0.717, 1.165) is 19.9 Å². The smallest absolute Gasteiger partial charge is 0.428 e. The SMILES string of the molecule is CC(C)OC=O.CCCB(F)NCC.Cc1c(F)c(F)c(F)c(I)c1F. The molecule has 1 aromatic rings. The standard InChI is InChI=1S/C7H3F4I.C5H13BFN.C4H8O2/c1-2-3(8)5(10)6(11)7(12)4(2)9;1-3-5-6(7)8-4-2;1-4(2)6-3-5/h1H3;8H,3-5H2,1-2H3;3-4H,1-2H3. The Balaban J connectivity index is 0. The first kappa shape index (κ1) is 27.3. The number of ether oxygens (including phenoxy) is 1. The van der Waals surface area contributed by atoms with Gasteiger partial charge in [-0.15, -0.1) is 0 Å². The van der Waals surface area contributed by atoms with Gasteiger partial charge < -0.3 is 14.3 Å². The third kappa shape index (κ3) is 10.9. The van der Waals surface area contributed by atoms with Gasteiger partial charge in [0.1, 0.15) is 5.82 Å². The minimum atomic E-state index is -1.63. The number of carbonyl (C=O) groups is 1. The molecule has 0 bridgehead atoms. The fraction of sp³-hybridized carbons (Fsp3) is 0.562. The number of halogens is 6. The van der Waals surface area contributed by atoms with Crippen molar-refractivity contribution in [1.82, 2.24) is 5.23 Å². The van der Waals surface area contributed by atoms with Crippen LogP contribution < -0.4 is 5.23 Å². The Hall–Kier alpha value is -0.905. The fourth-order valence-corrected chi connectivity index (χ4v) is 2.04. The van der Waals surface area contributed by atoms with Crippen LogP contribution in [-0.2, 0) is 9.53 Å². The maximum Gasteiger partial charge on any atom is 0.428 e. The third-order valence-corrected chi connectivity index (χ3v) is 3.67. The maximum absolute atomic E-state index is 12.8. The van der Waals surface area contributed by atoms with Gasteiger partial charge in [0.15, 0.2) is 17.5 Å². The first-order chi connectivity index (χ1) is 12.0. The van der Waals surface area contributed by atoms with E-state index in [4.69, 9.17) is 0 Å². The molecule has 0 amide bonds. The molecule has 0 saturated carbocycles. The summed E-state index contributed by atoms with van der Waals surface area (Å²) in [5, 5.41) is 2.68. The number of benzene rings is 1. The van der Waals surface area contributed by atoms with Crippen LogP contribution in [0.5, 0.6) is 0 Å². The average molecular weight is 495 g/mol. The highest BCUT2D eigenvalue weighted by atomic mass is 127. The quantitative estimate of drug-likeness (QED) is 0.148. The van der Waals surface area contributed by atoms with E-state index in [1.165, 1.54) is 22.6 Å². The van der Waals surface area contributed by atoms with Crippen LogP contribution in [0.1, 0.15) is 39.7 Å². The number of hydrogen-bond donors (Lipinski definition) is 1. The summed E-state index contributed by atoms with van der Waals surface area (Å²) < 4.78 is 66.6. The van der Waals surface area contributed by atoms with Crippen LogP contribution >= 0.6 is 22.6 Å². The van der Waals surface area contributed by atoms with Crippen molar-refractivity contribution in [2.24, 2.45) is 0 Å². The number of nitrogens with one attached hydrogen (secondary N) is 1. The summed E-state index contributed by atoms with van der Waals surface area (Å²) in [5.74, 6) is -5.62. The Bertz CT molecular complexity index is 439. The van der Waals surface area contributed by atoms with Crippen molar-refractivity contribution in [3.63, 3.8) is 0 Å². The summed E-state index contributed by atoms with van der Waals surface area (Å²) in [7, 11) is -0.787. The molecule has 0 aromatic heterocycles. The normalized spacial score (nSPS) is 9.69. The van der Waals surface area contributed by atoms with Gasteiger partial charge in [0.2, 0.25) is 0 Å². The Morgan fingerprint density at radius 3 is 2.00 bits per heavy atom. The zero-order chi connectivity index (χ0) is 20.9. The molecule has 1 N–H and O–H groups in total. The first-order valence-electron chi connectivity index (χ1n) is 7.99. The van der Waals surface area contributed by atoms with E-state index in [9.17, 15) is 26.7 Å². The fourth-order valence-electron chi connectivity index (χ4n) is 1.40. The molecule has 0 atom stereocenters. The molecule has 0 saturated heterocycles. The topological polar surface area (TPSA) is 38.3 Å². The summed E-state index contributed by atoms with van der Waals surface area (Å²) >= 11 is 1.28. The van der Waals surface area contributed by atoms with E-state index < -0.39 is 39.5 Å². The van der Waals surface area contributed by atoms with Crippen molar-refractivity contribution in [3.8, 4) is 0 Å². The molecule has 0 aliphatic carbocycles. The minimum Gasteiger partial charge on any atom is -0.465 e. The largest absolute Gasteiger partial charge is 0.465 e. The highest BCUT2D eigenvalue weighted by Gasteiger charge is 2.20. The summed E-state index contributed by atoms with van der Waals surface area (Å²) in [5.41, 5.74) is -0.502. The van der Waals surface area contributed by atoms with Crippen molar-refractivity contribution in [2.75, 3.05) is 6.54 Å². The third-order valence-electron chi connectivity index (χ3n) is 2.72. The molecule has 150 valence electrons. The van der Waals surface area contributed by atoms with Crippen LogP contribution in [0.4, 0.5) is 21.9 Å². The molecule has 0 heterocycles. The van der Waals surface area contributed by atoms with Crippen LogP contribution in [0.15, 0.2) is 0 Å². The van der Waals surface area contributed by atoms with Gasteiger partial charge in [-0.1, -0.05) is 20.3 Å². The Morgan fingerprint density at radius 1 is 1.12 bits per heavy atom. The molecule has 0 aliphatic rings. The van der Waals surface area contributed by atoms with Gasteiger partial charge in [0.25, 0.3) is 6.47 Å². The zero-order valence-electron chi connectivity index (χ0n) is 15.4. The lowest BCUT2D eigenvalue weighted by Crippen LogP contribution is -2.28. The van der Waals surface area contributed by atoms with Crippen LogP contribution in [0.2, 0.25) is 6.32 Å². The summed E-state index contributed by atoms with van der Waals surface area (Å²) in [6.45, 7) is 9.70. The summed E-state index contributed by atoms with van der Waals surface area (Å²) in [6.07, 6.45) is 1.57. The molecule has 0 unspecified atom stereocenters. The highest BCUT2D eigenvalue weighted by molar-refractivity contribution is 14.1. The zero-order valence-corrected chi connectivity index (χ0v) is 17.6. The van der Waals surface area contributed by atoms with Gasteiger partial charge in [0, 0.05) is 5.56 Å². The van der Waals surface area contributed by atoms with Gasteiger partial charge in [-0.05, 0) is 56.2 Å². The van der Waals surface area contributed by atoms with Crippen LogP contribution in [0.25, 0.3) is 0 Å². The molecule has 26 heavy (non-hydrogen) atoms. The van der Waals surface area contributed by atoms with Gasteiger partial charge in [-0.2, -0.15) is 0 Å². The highest BCUT2D eigenvalue weighted by Crippen LogP contribution is 2.24. The molecule has 0 spiro atoms. The lowest BCUT2D eigenvalue weighted by Gasteiger charge is -2.03. The molecule has 0 radical (unpaired) electrons. The van der Waals surface area contributed by atoms with E-state index in [2.05, 4.69) is 9.96 Å². The lowest BCUT2D eigenvalue weighted by molar-refractivity contribution is -0.131. The van der Waals surface area contributed by atoms with Gasteiger partial charge >= 0.3 is 7.12 Å². The molecular weight excluding hydrogens is 471 g/mol. The van der Waals surface area contributed by atoms with Crippen molar-refractivity contribution >= 4 is 36.2 Å². The van der Waals surface area contributed by atoms with Crippen molar-refractivity contribution < 1.29 is 31.4 Å². The maximum atomic E-state index is 12.8. The Morgan fingerprint density at radius 2 is 1.65 bits per heavy atom. The first-order valence-corrected chi connectivity index (χ1v) is 9.07. The lowest BCUT2D eigenvalue weighted by atomic mass is 9.81. The number of carbonyl (C=O) groups excluding carboxylic acids is 1. The molecular formula is C16H24BF5INO2. The van der Waals surface area contributed by atoms with E-state index >= 15 is 0 Å². The number of hydrogen-bond acceptors (Lipinski definition) is 3. The molecule has 10 heteroatoms. The minimum absolute atomic E-state index is 0.0301.